The van der Waals surface area contributed by atoms with Gasteiger partial charge in [0.2, 0.25) is 0 Å². The summed E-state index contributed by atoms with van der Waals surface area (Å²) < 4.78 is 0. The molecule has 0 aliphatic carbocycles. The summed E-state index contributed by atoms with van der Waals surface area (Å²) in [5.74, 6) is -1.45. The van der Waals surface area contributed by atoms with Gasteiger partial charge in [-0.1, -0.05) is 6.07 Å². The van der Waals surface area contributed by atoms with Crippen LogP contribution in [0.1, 0.15) is 24.3 Å². The SMILES string of the molecule is CC(C)NC(=O)C(=O)NCC(O)(c1ccsc1)c1cccs1. The first-order valence-corrected chi connectivity index (χ1v) is 8.63. The standard InChI is InChI=1S/C15H18N2O3S2/c1-10(2)17-14(19)13(18)16-9-15(20,11-5-7-21-8-11)12-4-3-6-22-12/h3-8,10,20H,9H2,1-2H3,(H,16,18)(H,17,19). The largest absolute Gasteiger partial charge is 0.378 e. The van der Waals surface area contributed by atoms with Crippen LogP contribution in [0.2, 0.25) is 0 Å². The van der Waals surface area contributed by atoms with Crippen molar-refractivity contribution in [2.45, 2.75) is 25.5 Å². The molecule has 7 heteroatoms. The number of nitrogens with one attached hydrogen (secondary N) is 2. The number of hydrogen-bond acceptors (Lipinski definition) is 5. The zero-order valence-corrected chi connectivity index (χ0v) is 14.0. The predicted octanol–water partition coefficient (Wildman–Crippen LogP) is 1.69. The molecule has 0 saturated carbocycles. The van der Waals surface area contributed by atoms with E-state index in [1.807, 2.05) is 34.3 Å². The van der Waals surface area contributed by atoms with E-state index in [9.17, 15) is 14.7 Å². The van der Waals surface area contributed by atoms with Crippen molar-refractivity contribution in [3.8, 4) is 0 Å². The number of thiophene rings is 2. The van der Waals surface area contributed by atoms with Gasteiger partial charge in [-0.15, -0.1) is 11.3 Å². The Morgan fingerprint density at radius 1 is 1.27 bits per heavy atom. The second kappa shape index (κ2) is 7.04. The van der Waals surface area contributed by atoms with Crippen LogP contribution in [0.4, 0.5) is 0 Å². The molecule has 0 aromatic carbocycles. The van der Waals surface area contributed by atoms with Crippen LogP contribution in [-0.2, 0) is 15.2 Å². The average molecular weight is 338 g/mol. The Hall–Kier alpha value is -1.70. The molecule has 2 heterocycles. The maximum absolute atomic E-state index is 11.8. The maximum Gasteiger partial charge on any atom is 0.309 e. The zero-order chi connectivity index (χ0) is 16.2. The van der Waals surface area contributed by atoms with Crippen molar-refractivity contribution in [3.63, 3.8) is 0 Å². The number of hydrogen-bond donors (Lipinski definition) is 3. The molecule has 22 heavy (non-hydrogen) atoms. The maximum atomic E-state index is 11.8. The van der Waals surface area contributed by atoms with Gasteiger partial charge in [0.1, 0.15) is 5.60 Å². The van der Waals surface area contributed by atoms with Crippen molar-refractivity contribution in [1.29, 1.82) is 0 Å². The van der Waals surface area contributed by atoms with E-state index in [-0.39, 0.29) is 12.6 Å². The van der Waals surface area contributed by atoms with Crippen molar-refractivity contribution < 1.29 is 14.7 Å². The van der Waals surface area contributed by atoms with E-state index in [0.29, 0.717) is 5.56 Å². The summed E-state index contributed by atoms with van der Waals surface area (Å²) in [6.45, 7) is 3.49. The summed E-state index contributed by atoms with van der Waals surface area (Å²) in [7, 11) is 0. The van der Waals surface area contributed by atoms with E-state index < -0.39 is 17.4 Å². The Balaban J connectivity index is 2.12. The number of rotatable bonds is 5. The third kappa shape index (κ3) is 3.73. The van der Waals surface area contributed by atoms with Gasteiger partial charge >= 0.3 is 11.8 Å². The highest BCUT2D eigenvalue weighted by molar-refractivity contribution is 7.10. The van der Waals surface area contributed by atoms with Crippen LogP contribution in [0.3, 0.4) is 0 Å². The number of carbonyl (C=O) groups is 2. The number of aliphatic hydroxyl groups is 1. The molecule has 0 aliphatic heterocycles. The van der Waals surface area contributed by atoms with Gasteiger partial charge in [0.05, 0.1) is 6.54 Å². The highest BCUT2D eigenvalue weighted by atomic mass is 32.1. The molecule has 118 valence electrons. The van der Waals surface area contributed by atoms with Crippen LogP contribution in [0.25, 0.3) is 0 Å². The van der Waals surface area contributed by atoms with Crippen LogP contribution < -0.4 is 10.6 Å². The van der Waals surface area contributed by atoms with Crippen LogP contribution in [0.5, 0.6) is 0 Å². The number of carbonyl (C=O) groups excluding carboxylic acids is 2. The molecule has 2 rings (SSSR count). The van der Waals surface area contributed by atoms with Crippen molar-refractivity contribution in [2.75, 3.05) is 6.54 Å². The molecule has 0 fully saturated rings. The fraction of sp³-hybridized carbons (Fsp3) is 0.333. The molecule has 0 radical (unpaired) electrons. The van der Waals surface area contributed by atoms with Crippen LogP contribution in [-0.4, -0.2) is 29.5 Å². The molecule has 2 aromatic rings. The Bertz CT molecular complexity index is 587. The van der Waals surface area contributed by atoms with Gasteiger partial charge in [-0.25, -0.2) is 0 Å². The van der Waals surface area contributed by atoms with E-state index >= 15 is 0 Å². The van der Waals surface area contributed by atoms with Gasteiger partial charge in [-0.2, -0.15) is 11.3 Å². The lowest BCUT2D eigenvalue weighted by molar-refractivity contribution is -0.140. The molecule has 2 amide bonds. The summed E-state index contributed by atoms with van der Waals surface area (Å²) in [5, 5.41) is 21.6. The Morgan fingerprint density at radius 2 is 2.05 bits per heavy atom. The van der Waals surface area contributed by atoms with Gasteiger partial charge in [0, 0.05) is 16.5 Å². The molecule has 0 bridgehead atoms. The summed E-state index contributed by atoms with van der Waals surface area (Å²) in [4.78, 5) is 24.2. The quantitative estimate of drug-likeness (QED) is 0.726. The Kier molecular flexibility index (Phi) is 5.33. The predicted molar refractivity (Wildman–Crippen MR) is 87.9 cm³/mol. The van der Waals surface area contributed by atoms with E-state index in [2.05, 4.69) is 10.6 Å². The molecule has 3 N–H and O–H groups in total. The summed E-state index contributed by atoms with van der Waals surface area (Å²) in [6, 6.07) is 5.34. The topological polar surface area (TPSA) is 78.4 Å². The van der Waals surface area contributed by atoms with Crippen molar-refractivity contribution in [1.82, 2.24) is 10.6 Å². The van der Waals surface area contributed by atoms with E-state index in [4.69, 9.17) is 0 Å². The van der Waals surface area contributed by atoms with Gasteiger partial charge in [0.25, 0.3) is 0 Å². The molecule has 5 nitrogen and oxygen atoms in total. The van der Waals surface area contributed by atoms with Crippen LogP contribution in [0.15, 0.2) is 34.3 Å². The first-order valence-electron chi connectivity index (χ1n) is 6.81. The van der Waals surface area contributed by atoms with Gasteiger partial charge in [0.15, 0.2) is 0 Å². The summed E-state index contributed by atoms with van der Waals surface area (Å²) in [6.07, 6.45) is 0. The summed E-state index contributed by atoms with van der Waals surface area (Å²) in [5.41, 5.74) is -0.633. The Labute approximate surface area is 137 Å². The minimum atomic E-state index is -1.33. The minimum Gasteiger partial charge on any atom is -0.378 e. The van der Waals surface area contributed by atoms with Gasteiger partial charge in [-0.05, 0) is 42.1 Å². The second-order valence-corrected chi connectivity index (χ2v) is 6.89. The lowest BCUT2D eigenvalue weighted by Gasteiger charge is -2.26. The first-order chi connectivity index (χ1) is 10.4. The third-order valence-electron chi connectivity index (χ3n) is 3.06. The molecule has 0 spiro atoms. The first kappa shape index (κ1) is 16.7. The smallest absolute Gasteiger partial charge is 0.309 e. The van der Waals surface area contributed by atoms with Crippen molar-refractivity contribution in [3.05, 3.63) is 44.8 Å². The fourth-order valence-electron chi connectivity index (χ4n) is 1.96. The molecular weight excluding hydrogens is 320 g/mol. The third-order valence-corrected chi connectivity index (χ3v) is 4.76. The lowest BCUT2D eigenvalue weighted by atomic mass is 9.94. The monoisotopic (exact) mass is 338 g/mol. The van der Waals surface area contributed by atoms with E-state index in [0.717, 1.165) is 4.88 Å². The Morgan fingerprint density at radius 3 is 2.59 bits per heavy atom. The van der Waals surface area contributed by atoms with Crippen LogP contribution in [0, 0.1) is 0 Å². The fourth-order valence-corrected chi connectivity index (χ4v) is 3.53. The molecule has 0 saturated heterocycles. The lowest BCUT2D eigenvalue weighted by Crippen LogP contribution is -2.47. The van der Waals surface area contributed by atoms with Gasteiger partial charge in [-0.3, -0.25) is 9.59 Å². The number of amides is 2. The van der Waals surface area contributed by atoms with Crippen LogP contribution >= 0.6 is 22.7 Å². The van der Waals surface area contributed by atoms with Crippen molar-refractivity contribution >= 4 is 34.5 Å². The molecule has 2 aromatic heterocycles. The minimum absolute atomic E-state index is 0.0609. The molecule has 0 aliphatic rings. The van der Waals surface area contributed by atoms with Gasteiger partial charge < -0.3 is 15.7 Å². The van der Waals surface area contributed by atoms with E-state index in [1.165, 1.54) is 22.7 Å². The highest BCUT2D eigenvalue weighted by Crippen LogP contribution is 2.33. The molecular formula is C15H18N2O3S2. The second-order valence-electron chi connectivity index (χ2n) is 5.16. The average Bonchev–Trinajstić information content (AvgIpc) is 3.15. The highest BCUT2D eigenvalue weighted by Gasteiger charge is 2.34. The molecule has 1 atom stereocenters. The van der Waals surface area contributed by atoms with Crippen molar-refractivity contribution in [2.24, 2.45) is 0 Å². The molecule has 1 unspecified atom stereocenters. The normalized spacial score (nSPS) is 13.6. The summed E-state index contributed by atoms with van der Waals surface area (Å²) >= 11 is 2.87. The zero-order valence-electron chi connectivity index (χ0n) is 12.3. The van der Waals surface area contributed by atoms with E-state index in [1.54, 1.807) is 13.8 Å².